The number of hydrogen-bond acceptors (Lipinski definition) is 4. The lowest BCUT2D eigenvalue weighted by Gasteiger charge is -2.11. The molecule has 0 aliphatic carbocycles. The summed E-state index contributed by atoms with van der Waals surface area (Å²) < 4.78 is 25.0. The second-order valence-corrected chi connectivity index (χ2v) is 7.66. The van der Waals surface area contributed by atoms with Crippen LogP contribution in [0.5, 0.6) is 0 Å². The maximum Gasteiger partial charge on any atom is 0.289 e. The standard InChI is InChI=1S/C10H11ClINO4S/c1-7(4-5-11)18(16,17)10-3-2-8(12)6-9(10)13(14)15/h2-3,6-7H,4-5H2,1H3. The maximum absolute atomic E-state index is 12.2. The Balaban J connectivity index is 3.37. The number of nitro benzene ring substituents is 1. The van der Waals surface area contributed by atoms with Crippen molar-refractivity contribution >= 4 is 49.7 Å². The molecule has 1 rings (SSSR count). The minimum Gasteiger partial charge on any atom is -0.258 e. The zero-order chi connectivity index (χ0) is 13.9. The molecule has 1 unspecified atom stereocenters. The van der Waals surface area contributed by atoms with Crippen molar-refractivity contribution in [2.75, 3.05) is 5.88 Å². The van der Waals surface area contributed by atoms with Crippen LogP contribution in [0.25, 0.3) is 0 Å². The van der Waals surface area contributed by atoms with Crippen LogP contribution in [0, 0.1) is 13.7 Å². The van der Waals surface area contributed by atoms with E-state index in [-0.39, 0.29) is 22.9 Å². The molecule has 1 aromatic carbocycles. The Bertz CT molecular complexity index is 561. The van der Waals surface area contributed by atoms with E-state index in [0.717, 1.165) is 0 Å². The Morgan fingerprint density at radius 1 is 1.50 bits per heavy atom. The molecule has 0 saturated carbocycles. The van der Waals surface area contributed by atoms with E-state index in [2.05, 4.69) is 0 Å². The first kappa shape index (κ1) is 15.6. The number of benzene rings is 1. The summed E-state index contributed by atoms with van der Waals surface area (Å²) in [6.07, 6.45) is 0.257. The third kappa shape index (κ3) is 3.33. The fourth-order valence-electron chi connectivity index (χ4n) is 1.40. The van der Waals surface area contributed by atoms with Crippen molar-refractivity contribution in [3.63, 3.8) is 0 Å². The lowest BCUT2D eigenvalue weighted by atomic mass is 10.3. The molecule has 100 valence electrons. The number of alkyl halides is 1. The molecule has 0 amide bonds. The smallest absolute Gasteiger partial charge is 0.258 e. The van der Waals surface area contributed by atoms with Gasteiger partial charge in [-0.1, -0.05) is 0 Å². The molecule has 0 bridgehead atoms. The molecule has 0 aliphatic heterocycles. The van der Waals surface area contributed by atoms with Crippen molar-refractivity contribution in [2.24, 2.45) is 0 Å². The molecule has 1 atom stereocenters. The molecule has 18 heavy (non-hydrogen) atoms. The first-order valence-electron chi connectivity index (χ1n) is 5.04. The maximum atomic E-state index is 12.2. The number of hydrogen-bond donors (Lipinski definition) is 0. The van der Waals surface area contributed by atoms with E-state index in [0.29, 0.717) is 3.57 Å². The van der Waals surface area contributed by atoms with Crippen LogP contribution in [-0.4, -0.2) is 24.5 Å². The largest absolute Gasteiger partial charge is 0.289 e. The zero-order valence-corrected chi connectivity index (χ0v) is 13.2. The first-order chi connectivity index (χ1) is 8.30. The van der Waals surface area contributed by atoms with Gasteiger partial charge in [-0.2, -0.15) is 0 Å². The van der Waals surface area contributed by atoms with Gasteiger partial charge in [0.2, 0.25) is 0 Å². The van der Waals surface area contributed by atoms with Gasteiger partial charge >= 0.3 is 0 Å². The average Bonchev–Trinajstić information content (AvgIpc) is 2.28. The van der Waals surface area contributed by atoms with E-state index in [1.54, 1.807) is 0 Å². The Morgan fingerprint density at radius 3 is 2.61 bits per heavy atom. The minimum absolute atomic E-state index is 0.193. The molecule has 0 aliphatic rings. The van der Waals surface area contributed by atoms with Gasteiger partial charge in [-0.3, -0.25) is 10.1 Å². The lowest BCUT2D eigenvalue weighted by molar-refractivity contribution is -0.387. The van der Waals surface area contributed by atoms with E-state index >= 15 is 0 Å². The van der Waals surface area contributed by atoms with Gasteiger partial charge in [0.25, 0.3) is 5.69 Å². The van der Waals surface area contributed by atoms with E-state index < -0.39 is 20.0 Å². The summed E-state index contributed by atoms with van der Waals surface area (Å²) in [7, 11) is -3.72. The highest BCUT2D eigenvalue weighted by Gasteiger charge is 2.30. The van der Waals surface area contributed by atoms with Gasteiger partial charge in [0, 0.05) is 15.5 Å². The van der Waals surface area contributed by atoms with Crippen LogP contribution < -0.4 is 0 Å². The quantitative estimate of drug-likeness (QED) is 0.328. The molecular formula is C10H11ClINO4S. The van der Waals surface area contributed by atoms with Crippen LogP contribution >= 0.6 is 34.2 Å². The second-order valence-electron chi connectivity index (χ2n) is 3.70. The molecule has 0 aromatic heterocycles. The van der Waals surface area contributed by atoms with Crippen LogP contribution in [-0.2, 0) is 9.84 Å². The van der Waals surface area contributed by atoms with Crippen molar-refractivity contribution in [2.45, 2.75) is 23.5 Å². The van der Waals surface area contributed by atoms with E-state index in [9.17, 15) is 18.5 Å². The van der Waals surface area contributed by atoms with Crippen LogP contribution in [0.2, 0.25) is 0 Å². The van der Waals surface area contributed by atoms with E-state index in [1.807, 2.05) is 22.6 Å². The fourth-order valence-corrected chi connectivity index (χ4v) is 3.88. The normalized spacial score (nSPS) is 13.3. The van der Waals surface area contributed by atoms with Gasteiger partial charge in [0.1, 0.15) is 4.90 Å². The highest BCUT2D eigenvalue weighted by atomic mass is 127. The zero-order valence-electron chi connectivity index (χ0n) is 9.47. The topological polar surface area (TPSA) is 77.3 Å². The molecule has 0 saturated heterocycles. The SMILES string of the molecule is CC(CCCl)S(=O)(=O)c1ccc(I)cc1[N+](=O)[O-]. The van der Waals surface area contributed by atoms with E-state index in [4.69, 9.17) is 11.6 Å². The van der Waals surface area contributed by atoms with Crippen molar-refractivity contribution < 1.29 is 13.3 Å². The van der Waals surface area contributed by atoms with Gasteiger partial charge in [-0.15, -0.1) is 11.6 Å². The van der Waals surface area contributed by atoms with Gasteiger partial charge < -0.3 is 0 Å². The number of halogens is 2. The summed E-state index contributed by atoms with van der Waals surface area (Å²) in [4.78, 5) is 9.99. The van der Waals surface area contributed by atoms with Gasteiger partial charge in [-0.25, -0.2) is 8.42 Å². The summed E-state index contributed by atoms with van der Waals surface area (Å²) in [5.74, 6) is 0.193. The molecule has 5 nitrogen and oxygen atoms in total. The molecular weight excluding hydrogens is 393 g/mol. The molecule has 0 radical (unpaired) electrons. The average molecular weight is 404 g/mol. The predicted molar refractivity (Wildman–Crippen MR) is 77.8 cm³/mol. The molecule has 0 N–H and O–H groups in total. The van der Waals surface area contributed by atoms with Crippen LogP contribution in [0.15, 0.2) is 23.1 Å². The Morgan fingerprint density at radius 2 is 2.11 bits per heavy atom. The van der Waals surface area contributed by atoms with Crippen molar-refractivity contribution in [1.29, 1.82) is 0 Å². The summed E-state index contributed by atoms with van der Waals surface area (Å²) in [5.41, 5.74) is -0.386. The third-order valence-electron chi connectivity index (χ3n) is 2.47. The number of sulfone groups is 1. The van der Waals surface area contributed by atoms with Crippen LogP contribution in [0.1, 0.15) is 13.3 Å². The van der Waals surface area contributed by atoms with Gasteiger partial charge in [-0.05, 0) is 48.1 Å². The minimum atomic E-state index is -3.72. The van der Waals surface area contributed by atoms with Crippen LogP contribution in [0.4, 0.5) is 5.69 Å². The highest BCUT2D eigenvalue weighted by Crippen LogP contribution is 2.29. The van der Waals surface area contributed by atoms with Crippen molar-refractivity contribution in [1.82, 2.24) is 0 Å². The molecule has 0 fully saturated rings. The third-order valence-corrected chi connectivity index (χ3v) is 5.61. The summed E-state index contributed by atoms with van der Waals surface area (Å²) in [6.45, 7) is 1.50. The molecule has 1 aromatic rings. The lowest BCUT2D eigenvalue weighted by Crippen LogP contribution is -2.19. The van der Waals surface area contributed by atoms with Gasteiger partial charge in [0.05, 0.1) is 10.2 Å². The predicted octanol–water partition coefficient (Wildman–Crippen LogP) is 2.99. The first-order valence-corrected chi connectivity index (χ1v) is 8.20. The summed E-state index contributed by atoms with van der Waals surface area (Å²) in [6, 6.07) is 4.06. The van der Waals surface area contributed by atoms with Crippen molar-refractivity contribution in [3.8, 4) is 0 Å². The number of nitro groups is 1. The van der Waals surface area contributed by atoms with E-state index in [1.165, 1.54) is 25.1 Å². The Kier molecular flexibility index (Phi) is 5.35. The molecule has 0 heterocycles. The Hall–Kier alpha value is -0.410. The highest BCUT2D eigenvalue weighted by molar-refractivity contribution is 14.1. The number of rotatable bonds is 5. The summed E-state index contributed by atoms with van der Waals surface area (Å²) in [5, 5.41) is 10.2. The molecule has 8 heteroatoms. The summed E-state index contributed by atoms with van der Waals surface area (Å²) >= 11 is 7.42. The van der Waals surface area contributed by atoms with Crippen molar-refractivity contribution in [3.05, 3.63) is 31.9 Å². The monoisotopic (exact) mass is 403 g/mol. The number of nitrogens with zero attached hydrogens (tertiary/aromatic N) is 1. The van der Waals surface area contributed by atoms with Gasteiger partial charge in [0.15, 0.2) is 9.84 Å². The molecule has 0 spiro atoms. The fraction of sp³-hybridized carbons (Fsp3) is 0.400. The van der Waals surface area contributed by atoms with Crippen LogP contribution in [0.3, 0.4) is 0 Å². The Labute approximate surface area is 124 Å². The second kappa shape index (κ2) is 6.16.